The van der Waals surface area contributed by atoms with E-state index in [1.165, 1.54) is 0 Å². The molecule has 3 rings (SSSR count). The summed E-state index contributed by atoms with van der Waals surface area (Å²) in [5, 5.41) is 0.545. The molecule has 1 atom stereocenters. The molecule has 1 saturated heterocycles. The van der Waals surface area contributed by atoms with E-state index in [-0.39, 0.29) is 16.8 Å². The van der Waals surface area contributed by atoms with Gasteiger partial charge in [0.15, 0.2) is 0 Å². The fraction of sp³-hybridized carbons (Fsp3) is 0.350. The summed E-state index contributed by atoms with van der Waals surface area (Å²) in [5.74, 6) is -0.0713. The van der Waals surface area contributed by atoms with Crippen LogP contribution in [0.4, 0.5) is 0 Å². The van der Waals surface area contributed by atoms with E-state index in [0.717, 1.165) is 6.42 Å². The lowest BCUT2D eigenvalue weighted by molar-refractivity contribution is 0.0703. The van der Waals surface area contributed by atoms with Crippen LogP contribution in [0.1, 0.15) is 34.3 Å². The van der Waals surface area contributed by atoms with E-state index in [9.17, 15) is 13.2 Å². The SMILES string of the molecule is Cc1cc(S(=O)(=O)N[C@@H]2CCCN(C(=O)c3ccccc3)C2)c(C)cc1Cl. The molecule has 7 heteroatoms. The summed E-state index contributed by atoms with van der Waals surface area (Å²) in [4.78, 5) is 14.6. The summed E-state index contributed by atoms with van der Waals surface area (Å²) in [6, 6.07) is 12.0. The van der Waals surface area contributed by atoms with Crippen molar-refractivity contribution in [2.24, 2.45) is 0 Å². The number of nitrogens with zero attached hydrogens (tertiary/aromatic N) is 1. The molecule has 0 bridgehead atoms. The standard InChI is InChI=1S/C20H23ClN2O3S/c1-14-12-19(15(2)11-18(14)21)27(25,26)22-17-9-6-10-23(13-17)20(24)16-7-4-3-5-8-16/h3-5,7-8,11-12,17,22H,6,9-10,13H2,1-2H3/t17-/m1/s1. The van der Waals surface area contributed by atoms with Crippen LogP contribution < -0.4 is 4.72 Å². The maximum absolute atomic E-state index is 12.9. The fourth-order valence-electron chi connectivity index (χ4n) is 3.35. The second-order valence-corrected chi connectivity index (χ2v) is 9.03. The van der Waals surface area contributed by atoms with Crippen molar-refractivity contribution < 1.29 is 13.2 Å². The van der Waals surface area contributed by atoms with Crippen molar-refractivity contribution in [3.8, 4) is 0 Å². The molecule has 0 radical (unpaired) electrons. The highest BCUT2D eigenvalue weighted by molar-refractivity contribution is 7.89. The Balaban J connectivity index is 1.75. The minimum absolute atomic E-state index is 0.0713. The Morgan fingerprint density at radius 3 is 2.56 bits per heavy atom. The molecule has 27 heavy (non-hydrogen) atoms. The quantitative estimate of drug-likeness (QED) is 0.844. The molecule has 1 heterocycles. The molecule has 5 nitrogen and oxygen atoms in total. The summed E-state index contributed by atoms with van der Waals surface area (Å²) in [6.45, 7) is 4.50. The molecular formula is C20H23ClN2O3S. The molecule has 0 spiro atoms. The summed E-state index contributed by atoms with van der Waals surface area (Å²) < 4.78 is 28.5. The molecule has 2 aromatic carbocycles. The summed E-state index contributed by atoms with van der Waals surface area (Å²) in [5.41, 5.74) is 1.93. The minimum Gasteiger partial charge on any atom is -0.337 e. The van der Waals surface area contributed by atoms with E-state index >= 15 is 0 Å². The van der Waals surface area contributed by atoms with Gasteiger partial charge >= 0.3 is 0 Å². The molecule has 1 aliphatic heterocycles. The zero-order valence-electron chi connectivity index (χ0n) is 15.4. The van der Waals surface area contributed by atoms with Crippen LogP contribution in [0.2, 0.25) is 5.02 Å². The predicted molar refractivity (Wildman–Crippen MR) is 107 cm³/mol. The fourth-order valence-corrected chi connectivity index (χ4v) is 5.14. The Labute approximate surface area is 165 Å². The number of likely N-dealkylation sites (tertiary alicyclic amines) is 1. The first-order valence-electron chi connectivity index (χ1n) is 8.91. The molecule has 0 saturated carbocycles. The van der Waals surface area contributed by atoms with Crippen molar-refractivity contribution in [1.82, 2.24) is 9.62 Å². The van der Waals surface area contributed by atoms with E-state index in [2.05, 4.69) is 4.72 Å². The van der Waals surface area contributed by atoms with Gasteiger partial charge in [0, 0.05) is 29.7 Å². The number of halogens is 1. The highest BCUT2D eigenvalue weighted by Crippen LogP contribution is 2.25. The predicted octanol–water partition coefficient (Wildman–Crippen LogP) is 3.54. The van der Waals surface area contributed by atoms with Gasteiger partial charge in [-0.1, -0.05) is 29.8 Å². The van der Waals surface area contributed by atoms with Crippen molar-refractivity contribution in [2.75, 3.05) is 13.1 Å². The van der Waals surface area contributed by atoms with Gasteiger partial charge in [0.25, 0.3) is 5.91 Å². The number of rotatable bonds is 4. The average molecular weight is 407 g/mol. The molecule has 1 amide bonds. The maximum Gasteiger partial charge on any atom is 0.253 e. The third-order valence-corrected chi connectivity index (χ3v) is 6.87. The molecule has 1 N–H and O–H groups in total. The average Bonchev–Trinajstić information content (AvgIpc) is 2.64. The van der Waals surface area contributed by atoms with Crippen LogP contribution in [0.25, 0.3) is 0 Å². The van der Waals surface area contributed by atoms with E-state index < -0.39 is 10.0 Å². The third kappa shape index (κ3) is 4.51. The van der Waals surface area contributed by atoms with Gasteiger partial charge in [-0.15, -0.1) is 0 Å². The number of sulfonamides is 1. The Morgan fingerprint density at radius 2 is 1.85 bits per heavy atom. The number of aryl methyl sites for hydroxylation is 2. The monoisotopic (exact) mass is 406 g/mol. The van der Waals surface area contributed by atoms with Gasteiger partial charge in [-0.2, -0.15) is 0 Å². The number of carbonyl (C=O) groups excluding carboxylic acids is 1. The van der Waals surface area contributed by atoms with E-state index in [1.54, 1.807) is 43.0 Å². The van der Waals surface area contributed by atoms with Crippen LogP contribution in [0.5, 0.6) is 0 Å². The maximum atomic E-state index is 12.9. The topological polar surface area (TPSA) is 66.5 Å². The molecule has 1 fully saturated rings. The largest absolute Gasteiger partial charge is 0.337 e. The summed E-state index contributed by atoms with van der Waals surface area (Å²) >= 11 is 6.08. The van der Waals surface area contributed by atoms with Gasteiger partial charge in [-0.25, -0.2) is 13.1 Å². The first-order chi connectivity index (χ1) is 12.8. The van der Waals surface area contributed by atoms with Crippen molar-refractivity contribution in [3.63, 3.8) is 0 Å². The number of nitrogens with one attached hydrogen (secondary N) is 1. The van der Waals surface area contributed by atoms with Gasteiger partial charge in [0.2, 0.25) is 10.0 Å². The van der Waals surface area contributed by atoms with Crippen LogP contribution >= 0.6 is 11.6 Å². The Bertz CT molecular complexity index is 945. The van der Waals surface area contributed by atoms with Crippen LogP contribution in [0, 0.1) is 13.8 Å². The molecule has 1 aliphatic rings. The number of carbonyl (C=O) groups is 1. The van der Waals surface area contributed by atoms with E-state index in [0.29, 0.717) is 41.2 Å². The van der Waals surface area contributed by atoms with Crippen molar-refractivity contribution in [2.45, 2.75) is 37.6 Å². The van der Waals surface area contributed by atoms with Crippen LogP contribution in [-0.4, -0.2) is 38.4 Å². The van der Waals surface area contributed by atoms with Crippen molar-refractivity contribution in [3.05, 3.63) is 64.2 Å². The first kappa shape index (κ1) is 19.9. The molecular weight excluding hydrogens is 384 g/mol. The molecule has 144 valence electrons. The summed E-state index contributed by atoms with van der Waals surface area (Å²) in [7, 11) is -3.69. The lowest BCUT2D eigenvalue weighted by Gasteiger charge is -2.33. The normalized spacial score (nSPS) is 17.7. The lowest BCUT2D eigenvalue weighted by atomic mass is 10.1. The number of amides is 1. The van der Waals surface area contributed by atoms with Gasteiger partial charge in [0.1, 0.15) is 0 Å². The Hall–Kier alpha value is -1.89. The van der Waals surface area contributed by atoms with Crippen molar-refractivity contribution >= 4 is 27.5 Å². The lowest BCUT2D eigenvalue weighted by Crippen LogP contribution is -2.49. The van der Waals surface area contributed by atoms with Crippen molar-refractivity contribution in [1.29, 1.82) is 0 Å². The van der Waals surface area contributed by atoms with Gasteiger partial charge in [-0.05, 0) is 62.1 Å². The molecule has 0 aromatic heterocycles. The van der Waals surface area contributed by atoms with Gasteiger partial charge in [-0.3, -0.25) is 4.79 Å². The second-order valence-electron chi connectivity index (χ2n) is 6.94. The van der Waals surface area contributed by atoms with Gasteiger partial charge in [0.05, 0.1) is 4.90 Å². The highest BCUT2D eigenvalue weighted by Gasteiger charge is 2.29. The zero-order chi connectivity index (χ0) is 19.6. The minimum atomic E-state index is -3.69. The number of hydrogen-bond donors (Lipinski definition) is 1. The van der Waals surface area contributed by atoms with Crippen LogP contribution in [0.3, 0.4) is 0 Å². The third-order valence-electron chi connectivity index (χ3n) is 4.80. The van der Waals surface area contributed by atoms with Crippen LogP contribution in [0.15, 0.2) is 47.4 Å². The molecule has 2 aromatic rings. The summed E-state index contributed by atoms with van der Waals surface area (Å²) in [6.07, 6.45) is 1.45. The molecule has 0 unspecified atom stereocenters. The Morgan fingerprint density at radius 1 is 1.15 bits per heavy atom. The van der Waals surface area contributed by atoms with Crippen LogP contribution in [-0.2, 0) is 10.0 Å². The van der Waals surface area contributed by atoms with Gasteiger partial charge < -0.3 is 4.90 Å². The smallest absolute Gasteiger partial charge is 0.253 e. The second kappa shape index (κ2) is 8.00. The highest BCUT2D eigenvalue weighted by atomic mass is 35.5. The Kier molecular flexibility index (Phi) is 5.89. The van der Waals surface area contributed by atoms with E-state index in [1.807, 2.05) is 18.2 Å². The number of hydrogen-bond acceptors (Lipinski definition) is 3. The number of piperidine rings is 1. The van der Waals surface area contributed by atoms with E-state index in [4.69, 9.17) is 11.6 Å². The molecule has 0 aliphatic carbocycles. The zero-order valence-corrected chi connectivity index (χ0v) is 17.0. The number of benzene rings is 2. The first-order valence-corrected chi connectivity index (χ1v) is 10.8.